The summed E-state index contributed by atoms with van der Waals surface area (Å²) >= 11 is 0. The molecular weight excluding hydrogens is 238 g/mol. The van der Waals surface area contributed by atoms with E-state index in [0.717, 1.165) is 23.7 Å². The maximum Gasteiger partial charge on any atom is 0.122 e. The first-order valence-corrected chi connectivity index (χ1v) is 6.85. The van der Waals surface area contributed by atoms with Gasteiger partial charge in [-0.05, 0) is 19.8 Å². The van der Waals surface area contributed by atoms with Gasteiger partial charge in [-0.1, -0.05) is 12.8 Å². The van der Waals surface area contributed by atoms with Crippen LogP contribution >= 0.6 is 0 Å². The molecule has 0 amide bonds. The number of hydrogen-bond donors (Lipinski definition) is 0. The maximum atomic E-state index is 8.99. The van der Waals surface area contributed by atoms with E-state index in [1.165, 1.54) is 25.7 Å². The van der Waals surface area contributed by atoms with Gasteiger partial charge in [0.1, 0.15) is 5.75 Å². The van der Waals surface area contributed by atoms with Crippen molar-refractivity contribution in [3.63, 3.8) is 0 Å². The van der Waals surface area contributed by atoms with E-state index in [0.29, 0.717) is 12.6 Å². The zero-order chi connectivity index (χ0) is 13.7. The van der Waals surface area contributed by atoms with Gasteiger partial charge in [-0.2, -0.15) is 5.26 Å². The highest BCUT2D eigenvalue weighted by Gasteiger charge is 2.22. The molecule has 0 aliphatic heterocycles. The minimum Gasteiger partial charge on any atom is -0.497 e. The molecule has 1 aliphatic rings. The van der Waals surface area contributed by atoms with Crippen LogP contribution in [0.1, 0.15) is 37.1 Å². The quantitative estimate of drug-likeness (QED) is 0.763. The summed E-state index contributed by atoms with van der Waals surface area (Å²) in [6.45, 7) is 3.18. The summed E-state index contributed by atoms with van der Waals surface area (Å²) in [6.07, 6.45) is 4.95. The zero-order valence-corrected chi connectivity index (χ0v) is 11.7. The first-order chi connectivity index (χ1) is 9.22. The molecule has 1 aromatic rings. The van der Waals surface area contributed by atoms with E-state index < -0.39 is 0 Å². The summed E-state index contributed by atoms with van der Waals surface area (Å²) in [6, 6.07) is 6.70. The second-order valence-corrected chi connectivity index (χ2v) is 5.14. The summed E-state index contributed by atoms with van der Waals surface area (Å²) < 4.78 is 5.28. The van der Waals surface area contributed by atoms with Gasteiger partial charge >= 0.3 is 0 Å². The van der Waals surface area contributed by atoms with Crippen LogP contribution in [0, 0.1) is 18.3 Å². The number of nitrogens with zero attached hydrogens (tertiary/aromatic N) is 3. The zero-order valence-electron chi connectivity index (χ0n) is 11.7. The largest absolute Gasteiger partial charge is 0.497 e. The summed E-state index contributed by atoms with van der Waals surface area (Å²) in [7, 11) is 1.67. The standard InChI is InChI=1S/C15H21N3O/c1-12-9-15(19-2)10-13(17-12)11-18(8-7-16)14-5-3-4-6-14/h9-10,14H,3-6,8,11H2,1-2H3. The monoisotopic (exact) mass is 259 g/mol. The van der Waals surface area contributed by atoms with Gasteiger partial charge < -0.3 is 4.74 Å². The van der Waals surface area contributed by atoms with Crippen molar-refractivity contribution in [3.8, 4) is 11.8 Å². The fraction of sp³-hybridized carbons (Fsp3) is 0.600. The molecule has 0 N–H and O–H groups in total. The first-order valence-electron chi connectivity index (χ1n) is 6.85. The maximum absolute atomic E-state index is 8.99. The van der Waals surface area contributed by atoms with Crippen molar-refractivity contribution in [2.24, 2.45) is 0 Å². The average Bonchev–Trinajstić information content (AvgIpc) is 2.91. The Hall–Kier alpha value is -1.60. The predicted molar refractivity (Wildman–Crippen MR) is 73.8 cm³/mol. The van der Waals surface area contributed by atoms with Gasteiger partial charge in [0.2, 0.25) is 0 Å². The minimum absolute atomic E-state index is 0.475. The molecule has 4 heteroatoms. The van der Waals surface area contributed by atoms with E-state index in [9.17, 15) is 0 Å². The third-order valence-corrected chi connectivity index (χ3v) is 3.70. The molecule has 1 saturated carbocycles. The van der Waals surface area contributed by atoms with Crippen LogP contribution in [0.5, 0.6) is 5.75 Å². The van der Waals surface area contributed by atoms with Gasteiger partial charge in [-0.15, -0.1) is 0 Å². The first kappa shape index (κ1) is 13.8. The molecule has 19 heavy (non-hydrogen) atoms. The van der Waals surface area contributed by atoms with Crippen LogP contribution in [0.3, 0.4) is 0 Å². The summed E-state index contributed by atoms with van der Waals surface area (Å²) in [5, 5.41) is 8.99. The lowest BCUT2D eigenvalue weighted by Gasteiger charge is -2.25. The van der Waals surface area contributed by atoms with Crippen molar-refractivity contribution in [2.45, 2.75) is 45.2 Å². The minimum atomic E-state index is 0.475. The lowest BCUT2D eigenvalue weighted by molar-refractivity contribution is 0.211. The van der Waals surface area contributed by atoms with Gasteiger partial charge in [0.25, 0.3) is 0 Å². The van der Waals surface area contributed by atoms with Gasteiger partial charge in [-0.3, -0.25) is 9.88 Å². The molecule has 2 rings (SSSR count). The SMILES string of the molecule is COc1cc(C)nc(CN(CC#N)C2CCCC2)c1. The predicted octanol–water partition coefficient (Wildman–Crippen LogP) is 2.67. The Balaban J connectivity index is 2.11. The van der Waals surface area contributed by atoms with E-state index in [1.54, 1.807) is 7.11 Å². The number of aryl methyl sites for hydroxylation is 1. The summed E-state index contributed by atoms with van der Waals surface area (Å²) in [4.78, 5) is 6.79. The van der Waals surface area contributed by atoms with Gasteiger partial charge in [0.05, 0.1) is 25.4 Å². The van der Waals surface area contributed by atoms with E-state index >= 15 is 0 Å². The highest BCUT2D eigenvalue weighted by atomic mass is 16.5. The van der Waals surface area contributed by atoms with Crippen molar-refractivity contribution >= 4 is 0 Å². The number of ether oxygens (including phenoxy) is 1. The number of rotatable bonds is 5. The topological polar surface area (TPSA) is 49.1 Å². The molecule has 0 radical (unpaired) electrons. The van der Waals surface area contributed by atoms with Crippen molar-refractivity contribution in [2.75, 3.05) is 13.7 Å². The molecule has 0 atom stereocenters. The lowest BCUT2D eigenvalue weighted by atomic mass is 10.2. The van der Waals surface area contributed by atoms with Crippen LogP contribution in [0.2, 0.25) is 0 Å². The van der Waals surface area contributed by atoms with Gasteiger partial charge in [0.15, 0.2) is 0 Å². The van der Waals surface area contributed by atoms with Crippen LogP contribution in [0.25, 0.3) is 0 Å². The molecule has 0 spiro atoms. The lowest BCUT2D eigenvalue weighted by Crippen LogP contribution is -2.33. The highest BCUT2D eigenvalue weighted by molar-refractivity contribution is 5.26. The fourth-order valence-electron chi connectivity index (χ4n) is 2.78. The molecule has 1 aromatic heterocycles. The second-order valence-electron chi connectivity index (χ2n) is 5.14. The molecule has 0 saturated heterocycles. The third-order valence-electron chi connectivity index (χ3n) is 3.70. The Bertz CT molecular complexity index is 461. The van der Waals surface area contributed by atoms with Gasteiger partial charge in [0, 0.05) is 30.4 Å². The summed E-state index contributed by atoms with van der Waals surface area (Å²) in [5.74, 6) is 0.839. The molecule has 0 aromatic carbocycles. The number of aromatic nitrogens is 1. The number of nitriles is 1. The Morgan fingerprint density at radius 2 is 2.16 bits per heavy atom. The fourth-order valence-corrected chi connectivity index (χ4v) is 2.78. The molecule has 1 aliphatic carbocycles. The molecule has 102 valence electrons. The van der Waals surface area contributed by atoms with E-state index in [1.807, 2.05) is 19.1 Å². The number of pyridine rings is 1. The van der Waals surface area contributed by atoms with Gasteiger partial charge in [-0.25, -0.2) is 0 Å². The highest BCUT2D eigenvalue weighted by Crippen LogP contribution is 2.25. The number of hydrogen-bond acceptors (Lipinski definition) is 4. The Labute approximate surface area is 115 Å². The second kappa shape index (κ2) is 6.53. The Morgan fingerprint density at radius 1 is 1.42 bits per heavy atom. The van der Waals surface area contributed by atoms with Crippen LogP contribution in [0.15, 0.2) is 12.1 Å². The van der Waals surface area contributed by atoms with Crippen LogP contribution in [0.4, 0.5) is 0 Å². The molecular formula is C15H21N3O. The normalized spacial score (nSPS) is 15.7. The van der Waals surface area contributed by atoms with E-state index in [2.05, 4.69) is 16.0 Å². The van der Waals surface area contributed by atoms with Crippen LogP contribution < -0.4 is 4.74 Å². The van der Waals surface area contributed by atoms with E-state index in [-0.39, 0.29) is 0 Å². The Kier molecular flexibility index (Phi) is 4.75. The molecule has 1 heterocycles. The average molecular weight is 259 g/mol. The molecule has 4 nitrogen and oxygen atoms in total. The smallest absolute Gasteiger partial charge is 0.122 e. The molecule has 1 fully saturated rings. The molecule has 0 unspecified atom stereocenters. The van der Waals surface area contributed by atoms with E-state index in [4.69, 9.17) is 10.00 Å². The van der Waals surface area contributed by atoms with Crippen LogP contribution in [-0.2, 0) is 6.54 Å². The van der Waals surface area contributed by atoms with Crippen molar-refractivity contribution in [1.82, 2.24) is 9.88 Å². The van der Waals surface area contributed by atoms with Crippen molar-refractivity contribution in [3.05, 3.63) is 23.5 Å². The Morgan fingerprint density at radius 3 is 2.79 bits per heavy atom. The third kappa shape index (κ3) is 3.68. The van der Waals surface area contributed by atoms with Crippen molar-refractivity contribution < 1.29 is 4.74 Å². The number of methoxy groups -OCH3 is 1. The van der Waals surface area contributed by atoms with Crippen molar-refractivity contribution in [1.29, 1.82) is 5.26 Å². The molecule has 0 bridgehead atoms. The summed E-state index contributed by atoms with van der Waals surface area (Å²) in [5.41, 5.74) is 1.94. The van der Waals surface area contributed by atoms with Crippen LogP contribution in [-0.4, -0.2) is 29.6 Å².